The van der Waals surface area contributed by atoms with Gasteiger partial charge in [-0.05, 0) is 30.6 Å². The summed E-state index contributed by atoms with van der Waals surface area (Å²) in [7, 11) is 0. The van der Waals surface area contributed by atoms with Crippen molar-refractivity contribution in [2.45, 2.75) is 39.2 Å². The zero-order valence-corrected chi connectivity index (χ0v) is 7.80. The Bertz CT molecular complexity index is 229. The summed E-state index contributed by atoms with van der Waals surface area (Å²) >= 11 is 0. The Morgan fingerprint density at radius 1 is 1.25 bits per heavy atom. The second-order valence-corrected chi connectivity index (χ2v) is 5.02. The third-order valence-electron chi connectivity index (χ3n) is 4.14. The van der Waals surface area contributed by atoms with Crippen LogP contribution < -0.4 is 5.73 Å². The van der Waals surface area contributed by atoms with Crippen LogP contribution in [0.5, 0.6) is 0 Å². The molecule has 0 spiro atoms. The van der Waals surface area contributed by atoms with Crippen LogP contribution in [-0.2, 0) is 0 Å². The van der Waals surface area contributed by atoms with E-state index in [0.29, 0.717) is 5.41 Å². The van der Waals surface area contributed by atoms with Crippen LogP contribution in [0, 0.1) is 28.1 Å². The van der Waals surface area contributed by atoms with Gasteiger partial charge in [-0.25, -0.2) is 0 Å². The zero-order valence-electron chi connectivity index (χ0n) is 7.80. The minimum Gasteiger partial charge on any atom is -0.315 e. The number of hydrogen-bond donors (Lipinski definition) is 1. The highest BCUT2D eigenvalue weighted by Gasteiger charge is 2.70. The molecule has 0 heterocycles. The van der Waals surface area contributed by atoms with Gasteiger partial charge in [0.25, 0.3) is 0 Å². The van der Waals surface area contributed by atoms with E-state index in [1.54, 1.807) is 0 Å². The van der Waals surface area contributed by atoms with Gasteiger partial charge in [-0.2, -0.15) is 5.26 Å². The number of rotatable bonds is 2. The van der Waals surface area contributed by atoms with Crippen molar-refractivity contribution in [2.24, 2.45) is 22.5 Å². The SMILES string of the molecule is CC(C)C12CC(C(N)C#N)(C1)C2. The maximum Gasteiger partial charge on any atom is 0.0985 e. The predicted molar refractivity (Wildman–Crippen MR) is 47.1 cm³/mol. The van der Waals surface area contributed by atoms with Gasteiger partial charge in [0.05, 0.1) is 12.1 Å². The molecule has 0 amide bonds. The fourth-order valence-electron chi connectivity index (χ4n) is 3.03. The molecule has 1 unspecified atom stereocenters. The van der Waals surface area contributed by atoms with Gasteiger partial charge in [0, 0.05) is 5.41 Å². The van der Waals surface area contributed by atoms with Crippen molar-refractivity contribution in [3.8, 4) is 6.07 Å². The molecule has 0 saturated heterocycles. The maximum absolute atomic E-state index is 8.71. The smallest absolute Gasteiger partial charge is 0.0985 e. The lowest BCUT2D eigenvalue weighted by Gasteiger charge is -2.74. The van der Waals surface area contributed by atoms with Gasteiger partial charge in [0.1, 0.15) is 0 Å². The van der Waals surface area contributed by atoms with Crippen molar-refractivity contribution >= 4 is 0 Å². The fraction of sp³-hybridized carbons (Fsp3) is 0.900. The highest BCUT2D eigenvalue weighted by molar-refractivity contribution is 5.24. The first-order valence-corrected chi connectivity index (χ1v) is 4.70. The normalized spacial score (nSPS) is 45.9. The molecular weight excluding hydrogens is 148 g/mol. The van der Waals surface area contributed by atoms with E-state index in [2.05, 4.69) is 19.9 Å². The van der Waals surface area contributed by atoms with Gasteiger partial charge in [-0.3, -0.25) is 0 Å². The van der Waals surface area contributed by atoms with Gasteiger partial charge in [-0.15, -0.1) is 0 Å². The van der Waals surface area contributed by atoms with E-state index < -0.39 is 0 Å². The van der Waals surface area contributed by atoms with Crippen molar-refractivity contribution in [3.05, 3.63) is 0 Å². The van der Waals surface area contributed by atoms with Crippen LogP contribution in [0.25, 0.3) is 0 Å². The Balaban J connectivity index is 2.01. The van der Waals surface area contributed by atoms with Crippen molar-refractivity contribution < 1.29 is 0 Å². The lowest BCUT2D eigenvalue weighted by Crippen LogP contribution is -2.70. The molecule has 66 valence electrons. The van der Waals surface area contributed by atoms with Gasteiger partial charge in [0.15, 0.2) is 0 Å². The quantitative estimate of drug-likeness (QED) is 0.674. The molecular formula is C10H16N2. The van der Waals surface area contributed by atoms with E-state index in [1.807, 2.05) is 0 Å². The molecule has 2 bridgehead atoms. The molecule has 3 rings (SSSR count). The summed E-state index contributed by atoms with van der Waals surface area (Å²) in [5.41, 5.74) is 6.56. The van der Waals surface area contributed by atoms with Crippen LogP contribution in [0.4, 0.5) is 0 Å². The molecule has 3 aliphatic rings. The van der Waals surface area contributed by atoms with Gasteiger partial charge < -0.3 is 5.73 Å². The predicted octanol–water partition coefficient (Wildman–Crippen LogP) is 1.66. The Labute approximate surface area is 73.7 Å². The molecule has 0 aromatic rings. The summed E-state index contributed by atoms with van der Waals surface area (Å²) in [6, 6.07) is 1.97. The molecule has 1 atom stereocenters. The topological polar surface area (TPSA) is 49.8 Å². The molecule has 12 heavy (non-hydrogen) atoms. The van der Waals surface area contributed by atoms with Gasteiger partial charge in [-0.1, -0.05) is 13.8 Å². The first-order chi connectivity index (χ1) is 5.55. The van der Waals surface area contributed by atoms with Crippen LogP contribution in [0.1, 0.15) is 33.1 Å². The number of nitrogens with two attached hydrogens (primary N) is 1. The lowest BCUT2D eigenvalue weighted by atomic mass is 9.31. The van der Waals surface area contributed by atoms with Crippen LogP contribution in [-0.4, -0.2) is 6.04 Å². The van der Waals surface area contributed by atoms with Crippen LogP contribution >= 0.6 is 0 Å². The Kier molecular flexibility index (Phi) is 1.36. The van der Waals surface area contributed by atoms with E-state index in [9.17, 15) is 0 Å². The van der Waals surface area contributed by atoms with Crippen LogP contribution in [0.3, 0.4) is 0 Å². The van der Waals surface area contributed by atoms with E-state index in [0.717, 1.165) is 5.92 Å². The van der Waals surface area contributed by atoms with E-state index in [-0.39, 0.29) is 11.5 Å². The van der Waals surface area contributed by atoms with E-state index >= 15 is 0 Å². The van der Waals surface area contributed by atoms with E-state index in [1.165, 1.54) is 19.3 Å². The fourth-order valence-corrected chi connectivity index (χ4v) is 3.03. The van der Waals surface area contributed by atoms with Crippen molar-refractivity contribution in [3.63, 3.8) is 0 Å². The molecule has 2 nitrogen and oxygen atoms in total. The van der Waals surface area contributed by atoms with Crippen molar-refractivity contribution in [1.82, 2.24) is 0 Å². The lowest BCUT2D eigenvalue weighted by molar-refractivity contribution is -0.232. The first kappa shape index (κ1) is 8.07. The molecule has 0 aliphatic heterocycles. The Morgan fingerprint density at radius 2 is 1.75 bits per heavy atom. The average Bonchev–Trinajstić information content (AvgIpc) is 1.80. The molecule has 3 saturated carbocycles. The largest absolute Gasteiger partial charge is 0.315 e. The molecule has 0 aromatic carbocycles. The highest BCUT2D eigenvalue weighted by Crippen LogP contribution is 2.76. The van der Waals surface area contributed by atoms with Gasteiger partial charge in [0.2, 0.25) is 0 Å². The minimum atomic E-state index is -0.210. The standard InChI is InChI=1S/C10H16N2/c1-7(2)9-4-10(5-9,6-9)8(12)3-11/h7-8H,4-6,12H2,1-2H3. The zero-order chi connectivity index (χ0) is 8.98. The molecule has 0 radical (unpaired) electrons. The summed E-state index contributed by atoms with van der Waals surface area (Å²) < 4.78 is 0. The Hall–Kier alpha value is -0.550. The summed E-state index contributed by atoms with van der Waals surface area (Å²) in [6.45, 7) is 4.56. The summed E-state index contributed by atoms with van der Waals surface area (Å²) in [5, 5.41) is 8.71. The van der Waals surface area contributed by atoms with Crippen LogP contribution in [0.15, 0.2) is 0 Å². The Morgan fingerprint density at radius 3 is 2.08 bits per heavy atom. The number of hydrogen-bond acceptors (Lipinski definition) is 2. The summed E-state index contributed by atoms with van der Waals surface area (Å²) in [6.07, 6.45) is 3.60. The average molecular weight is 164 g/mol. The second-order valence-electron chi connectivity index (χ2n) is 5.02. The molecule has 3 fully saturated rings. The van der Waals surface area contributed by atoms with Crippen molar-refractivity contribution in [2.75, 3.05) is 0 Å². The van der Waals surface area contributed by atoms with E-state index in [4.69, 9.17) is 11.0 Å². The minimum absolute atomic E-state index is 0.210. The second kappa shape index (κ2) is 2.03. The highest BCUT2D eigenvalue weighted by atomic mass is 14.8. The summed E-state index contributed by atoms with van der Waals surface area (Å²) in [5.74, 6) is 0.769. The maximum atomic E-state index is 8.71. The van der Waals surface area contributed by atoms with Crippen LogP contribution in [0.2, 0.25) is 0 Å². The number of nitrogens with zero attached hydrogens (tertiary/aromatic N) is 1. The first-order valence-electron chi connectivity index (χ1n) is 4.70. The number of nitriles is 1. The van der Waals surface area contributed by atoms with Crippen molar-refractivity contribution in [1.29, 1.82) is 5.26 Å². The third-order valence-corrected chi connectivity index (χ3v) is 4.14. The molecule has 0 aromatic heterocycles. The van der Waals surface area contributed by atoms with Gasteiger partial charge >= 0.3 is 0 Å². The summed E-state index contributed by atoms with van der Waals surface area (Å²) in [4.78, 5) is 0. The molecule has 3 aliphatic carbocycles. The third kappa shape index (κ3) is 0.682. The molecule has 2 heteroatoms. The monoisotopic (exact) mass is 164 g/mol. The molecule has 2 N–H and O–H groups in total.